The summed E-state index contributed by atoms with van der Waals surface area (Å²) < 4.78 is 41.5. The van der Waals surface area contributed by atoms with Gasteiger partial charge in [-0.2, -0.15) is 0 Å². The lowest BCUT2D eigenvalue weighted by Gasteiger charge is -2.25. The van der Waals surface area contributed by atoms with E-state index in [0.717, 1.165) is 30.8 Å². The third kappa shape index (κ3) is 8.23. The summed E-state index contributed by atoms with van der Waals surface area (Å²) in [5, 5.41) is 12.7. The Morgan fingerprint density at radius 1 is 1.09 bits per heavy atom. The van der Waals surface area contributed by atoms with Gasteiger partial charge in [-0.15, -0.1) is 11.3 Å². The van der Waals surface area contributed by atoms with Crippen LogP contribution >= 0.6 is 11.3 Å². The second kappa shape index (κ2) is 16.0. The van der Waals surface area contributed by atoms with Gasteiger partial charge in [-0.3, -0.25) is 9.59 Å². The summed E-state index contributed by atoms with van der Waals surface area (Å²) in [6.45, 7) is 4.62. The summed E-state index contributed by atoms with van der Waals surface area (Å²) in [5.74, 6) is -0.903. The van der Waals surface area contributed by atoms with Crippen molar-refractivity contribution in [2.24, 2.45) is 11.7 Å². The number of primary amides is 1. The fraction of sp³-hybridized carbons (Fsp3) is 0.410. The molecule has 4 aromatic rings. The van der Waals surface area contributed by atoms with E-state index in [9.17, 15) is 22.8 Å². The number of amides is 4. The number of ether oxygens (including phenoxy) is 2. The Hall–Kier alpha value is -5.42. The number of thiazole rings is 1. The van der Waals surface area contributed by atoms with Gasteiger partial charge in [0.15, 0.2) is 5.13 Å². The molecule has 1 aliphatic carbocycles. The smallest absolute Gasteiger partial charge is 0.315 e. The normalized spacial score (nSPS) is 23.5. The van der Waals surface area contributed by atoms with Gasteiger partial charge in [0.1, 0.15) is 39.8 Å². The number of fused-ring (bicyclic) bond motifs is 3. The van der Waals surface area contributed by atoms with Crippen molar-refractivity contribution in [2.45, 2.75) is 81.0 Å². The first kappa shape index (κ1) is 38.8. The van der Waals surface area contributed by atoms with Crippen molar-refractivity contribution >= 4 is 60.9 Å². The minimum atomic E-state index is -4.33. The van der Waals surface area contributed by atoms with E-state index < -0.39 is 51.5 Å². The molecule has 1 saturated carbocycles. The zero-order valence-electron chi connectivity index (χ0n) is 31.4. The number of benzene rings is 2. The molecule has 2 fully saturated rings. The van der Waals surface area contributed by atoms with Crippen molar-refractivity contribution in [3.63, 3.8) is 0 Å². The number of urea groups is 1. The number of hydrogen-bond acceptors (Lipinski definition) is 12. The Morgan fingerprint density at radius 3 is 2.70 bits per heavy atom. The van der Waals surface area contributed by atoms with Gasteiger partial charge in [0.25, 0.3) is 15.9 Å². The highest BCUT2D eigenvalue weighted by Crippen LogP contribution is 2.46. The number of para-hydroxylation sites is 1. The molecule has 17 heteroatoms. The van der Waals surface area contributed by atoms with Gasteiger partial charge in [-0.1, -0.05) is 30.7 Å². The SMILES string of the molecule is COc1ccc2c(O[C@@H]3C[C@@H](C(=O)N[C@]45C[C@H]4C=CCCCCCNc4ccccc4S(=O)(=O)NC5=O)N(C(N)=O)C3)cc(-c3csc(NC(C)C)n3)nc2c1. The molecule has 7 rings (SSSR count). The van der Waals surface area contributed by atoms with Gasteiger partial charge in [0.05, 0.1) is 30.6 Å². The number of hydrogen-bond donors (Lipinski definition) is 5. The molecule has 4 amide bonds. The maximum atomic E-state index is 14.2. The molecule has 0 radical (unpaired) electrons. The number of nitrogens with two attached hydrogens (primary N) is 1. The van der Waals surface area contributed by atoms with Crippen LogP contribution in [0.3, 0.4) is 0 Å². The van der Waals surface area contributed by atoms with Crippen LogP contribution in [0.5, 0.6) is 11.5 Å². The summed E-state index contributed by atoms with van der Waals surface area (Å²) in [6, 6.07) is 11.8. The second-order valence-corrected chi connectivity index (χ2v) is 17.1. The number of aromatic nitrogens is 2. The number of sulfonamides is 1. The number of allylic oxidation sites excluding steroid dienone is 1. The van der Waals surface area contributed by atoms with Crippen LogP contribution in [0.15, 0.2) is 71.0 Å². The van der Waals surface area contributed by atoms with Crippen LogP contribution in [-0.4, -0.2) is 85.1 Å². The van der Waals surface area contributed by atoms with Crippen molar-refractivity contribution in [3.8, 4) is 22.9 Å². The molecule has 56 heavy (non-hydrogen) atoms. The first-order chi connectivity index (χ1) is 26.9. The highest BCUT2D eigenvalue weighted by atomic mass is 32.2. The first-order valence-corrected chi connectivity index (χ1v) is 21.1. The monoisotopic (exact) mass is 802 g/mol. The van der Waals surface area contributed by atoms with Crippen LogP contribution in [0.2, 0.25) is 0 Å². The zero-order chi connectivity index (χ0) is 39.6. The predicted molar refractivity (Wildman–Crippen MR) is 214 cm³/mol. The molecule has 3 aliphatic rings. The van der Waals surface area contributed by atoms with Crippen molar-refractivity contribution in [3.05, 3.63) is 66.1 Å². The fourth-order valence-electron chi connectivity index (χ4n) is 7.24. The second-order valence-electron chi connectivity index (χ2n) is 14.6. The van der Waals surface area contributed by atoms with Crippen LogP contribution in [0.25, 0.3) is 22.3 Å². The lowest BCUT2D eigenvalue weighted by atomic mass is 10.1. The van der Waals surface area contributed by atoms with E-state index in [0.29, 0.717) is 46.0 Å². The van der Waals surface area contributed by atoms with Crippen LogP contribution in [0.1, 0.15) is 52.4 Å². The van der Waals surface area contributed by atoms with Crippen molar-refractivity contribution in [1.29, 1.82) is 0 Å². The third-order valence-electron chi connectivity index (χ3n) is 10.2. The fourth-order valence-corrected chi connectivity index (χ4v) is 9.31. The standard InChI is InChI=1S/C39H46N8O7S2/c1-23(2)42-38-44-31(22-55-38)30-19-33(27-15-14-25(53-3)17-29(27)43-30)54-26-18-32(47(21-26)37(40)50)35(48)45-39-20-24(39)11-7-5-4-6-10-16-41-28-12-8-9-13-34(28)56(51,52)46-36(39)49/h7-9,11-15,17,19,22-24,26,32,41H,4-6,10,16,18,20-21H2,1-3H3,(H2,40,50)(H,42,44)(H,45,48)(H,46,49)/t24-,26-,32+,39-/m1/s1. The molecule has 4 atom stereocenters. The molecule has 2 aliphatic heterocycles. The van der Waals surface area contributed by atoms with Gasteiger partial charge >= 0.3 is 6.03 Å². The molecule has 2 aromatic heterocycles. The molecular formula is C39H46N8O7S2. The molecular weight excluding hydrogens is 757 g/mol. The molecule has 296 valence electrons. The van der Waals surface area contributed by atoms with E-state index in [4.69, 9.17) is 25.2 Å². The number of nitrogens with zero attached hydrogens (tertiary/aromatic N) is 3. The van der Waals surface area contributed by atoms with E-state index >= 15 is 0 Å². The van der Waals surface area contributed by atoms with Gasteiger partial charge in [0.2, 0.25) is 5.91 Å². The summed E-state index contributed by atoms with van der Waals surface area (Å²) >= 11 is 1.46. The van der Waals surface area contributed by atoms with Crippen LogP contribution in [0.4, 0.5) is 15.6 Å². The first-order valence-electron chi connectivity index (χ1n) is 18.7. The van der Waals surface area contributed by atoms with Crippen molar-refractivity contribution in [2.75, 3.05) is 30.8 Å². The number of nitrogens with one attached hydrogen (secondary N) is 4. The minimum Gasteiger partial charge on any atom is -0.497 e. The number of methoxy groups -OCH3 is 1. The van der Waals surface area contributed by atoms with Gasteiger partial charge in [-0.05, 0) is 63.8 Å². The van der Waals surface area contributed by atoms with Crippen molar-refractivity contribution in [1.82, 2.24) is 24.9 Å². The number of likely N-dealkylation sites (tertiary alicyclic amines) is 1. The summed E-state index contributed by atoms with van der Waals surface area (Å²) in [6.07, 6.45) is 6.83. The van der Waals surface area contributed by atoms with E-state index in [1.807, 2.05) is 37.4 Å². The molecule has 0 spiro atoms. The van der Waals surface area contributed by atoms with E-state index in [1.165, 1.54) is 22.3 Å². The number of pyridine rings is 1. The molecule has 0 bridgehead atoms. The maximum Gasteiger partial charge on any atom is 0.315 e. The molecule has 6 N–H and O–H groups in total. The largest absolute Gasteiger partial charge is 0.497 e. The Kier molecular flexibility index (Phi) is 11.1. The Bertz CT molecular complexity index is 2280. The Morgan fingerprint density at radius 2 is 1.91 bits per heavy atom. The average Bonchev–Trinajstić information content (AvgIpc) is 3.43. The highest BCUT2D eigenvalue weighted by molar-refractivity contribution is 7.90. The number of rotatable bonds is 8. The highest BCUT2D eigenvalue weighted by Gasteiger charge is 2.61. The number of anilines is 2. The van der Waals surface area contributed by atoms with E-state index in [1.54, 1.807) is 43.5 Å². The van der Waals surface area contributed by atoms with E-state index in [2.05, 4.69) is 20.7 Å². The summed E-state index contributed by atoms with van der Waals surface area (Å²) in [7, 11) is -2.76. The van der Waals surface area contributed by atoms with Crippen LogP contribution in [0, 0.1) is 5.92 Å². The average molecular weight is 803 g/mol. The van der Waals surface area contributed by atoms with Crippen LogP contribution in [-0.2, 0) is 19.6 Å². The number of carbonyl (C=O) groups excluding carboxylic acids is 3. The molecule has 4 heterocycles. The number of carbonyl (C=O) groups is 3. The quantitative estimate of drug-likeness (QED) is 0.150. The lowest BCUT2D eigenvalue weighted by molar-refractivity contribution is -0.131. The summed E-state index contributed by atoms with van der Waals surface area (Å²) in [4.78, 5) is 51.6. The Labute approximate surface area is 329 Å². The maximum absolute atomic E-state index is 14.2. The molecule has 1 saturated heterocycles. The van der Waals surface area contributed by atoms with E-state index in [-0.39, 0.29) is 30.3 Å². The molecule has 2 aromatic carbocycles. The predicted octanol–water partition coefficient (Wildman–Crippen LogP) is 5.01. The topological polar surface area (TPSA) is 207 Å². The van der Waals surface area contributed by atoms with Gasteiger partial charge in [0, 0.05) is 47.8 Å². The van der Waals surface area contributed by atoms with Gasteiger partial charge < -0.3 is 36.1 Å². The lowest BCUT2D eigenvalue weighted by Crippen LogP contribution is -2.56. The third-order valence-corrected chi connectivity index (χ3v) is 12.4. The Balaban J connectivity index is 1.14. The minimum absolute atomic E-state index is 0.0113. The summed E-state index contributed by atoms with van der Waals surface area (Å²) in [5.41, 5.74) is 6.44. The van der Waals surface area contributed by atoms with Gasteiger partial charge in [-0.25, -0.2) is 27.9 Å². The molecule has 0 unspecified atom stereocenters. The zero-order valence-corrected chi connectivity index (χ0v) is 33.0. The van der Waals surface area contributed by atoms with Crippen LogP contribution < -0.4 is 35.9 Å². The molecule has 15 nitrogen and oxygen atoms in total. The van der Waals surface area contributed by atoms with Crippen molar-refractivity contribution < 1.29 is 32.3 Å².